The summed E-state index contributed by atoms with van der Waals surface area (Å²) in [5, 5.41) is 0. The van der Waals surface area contributed by atoms with E-state index in [4.69, 9.17) is 14.2 Å². The highest BCUT2D eigenvalue weighted by molar-refractivity contribution is 5.71. The van der Waals surface area contributed by atoms with E-state index in [2.05, 4.69) is 106 Å². The van der Waals surface area contributed by atoms with Gasteiger partial charge in [0.2, 0.25) is 0 Å². The quantitative estimate of drug-likeness (QED) is 0.0261. The fourth-order valence-electron chi connectivity index (χ4n) is 9.80. The highest BCUT2D eigenvalue weighted by Crippen LogP contribution is 2.17. The first-order valence-electron chi connectivity index (χ1n) is 34.1. The molecule has 1 atom stereocenters. The minimum atomic E-state index is -0.802. The lowest BCUT2D eigenvalue weighted by Crippen LogP contribution is -2.30. The van der Waals surface area contributed by atoms with Crippen LogP contribution in [0.3, 0.4) is 0 Å². The molecule has 0 aromatic heterocycles. The molecule has 0 saturated heterocycles. The van der Waals surface area contributed by atoms with Crippen LogP contribution in [0.15, 0.2) is 85.1 Å². The molecule has 6 heteroatoms. The van der Waals surface area contributed by atoms with Crippen LogP contribution in [0.25, 0.3) is 0 Å². The molecule has 0 aliphatic heterocycles. The van der Waals surface area contributed by atoms with Gasteiger partial charge in [-0.2, -0.15) is 0 Å². The van der Waals surface area contributed by atoms with Gasteiger partial charge in [-0.3, -0.25) is 14.4 Å². The second-order valence-electron chi connectivity index (χ2n) is 22.7. The number of carbonyl (C=O) groups is 3. The smallest absolute Gasteiger partial charge is 0.306 e. The molecule has 1 unspecified atom stereocenters. The largest absolute Gasteiger partial charge is 0.462 e. The molecule has 79 heavy (non-hydrogen) atoms. The van der Waals surface area contributed by atoms with Crippen molar-refractivity contribution < 1.29 is 28.6 Å². The Morgan fingerprint density at radius 2 is 0.494 bits per heavy atom. The maximum atomic E-state index is 12.9. The van der Waals surface area contributed by atoms with Gasteiger partial charge < -0.3 is 14.2 Å². The van der Waals surface area contributed by atoms with E-state index >= 15 is 0 Å². The molecule has 0 fully saturated rings. The van der Waals surface area contributed by atoms with Crippen molar-refractivity contribution >= 4 is 17.9 Å². The molecule has 0 aromatic rings. The minimum absolute atomic E-state index is 0.0927. The van der Waals surface area contributed by atoms with E-state index in [9.17, 15) is 14.4 Å². The maximum absolute atomic E-state index is 12.9. The summed E-state index contributed by atoms with van der Waals surface area (Å²) >= 11 is 0. The van der Waals surface area contributed by atoms with E-state index < -0.39 is 6.10 Å². The lowest BCUT2D eigenvalue weighted by molar-refractivity contribution is -0.167. The molecule has 0 saturated carbocycles. The number of ether oxygens (including phenoxy) is 3. The van der Waals surface area contributed by atoms with E-state index in [1.807, 2.05) is 0 Å². The summed E-state index contributed by atoms with van der Waals surface area (Å²) < 4.78 is 16.9. The highest BCUT2D eigenvalue weighted by Gasteiger charge is 2.19. The van der Waals surface area contributed by atoms with Crippen molar-refractivity contribution in [2.24, 2.45) is 0 Å². The molecule has 0 N–H and O–H groups in total. The van der Waals surface area contributed by atoms with Crippen molar-refractivity contribution in [2.75, 3.05) is 13.2 Å². The Morgan fingerprint density at radius 3 is 0.797 bits per heavy atom. The monoisotopic (exact) mass is 1100 g/mol. The number of hydrogen-bond donors (Lipinski definition) is 0. The molecule has 0 amide bonds. The topological polar surface area (TPSA) is 78.9 Å². The molecule has 0 heterocycles. The van der Waals surface area contributed by atoms with Crippen LogP contribution in [0.5, 0.6) is 0 Å². The molecule has 456 valence electrons. The van der Waals surface area contributed by atoms with Gasteiger partial charge in [-0.1, -0.05) is 311 Å². The first kappa shape index (κ1) is 75.6. The second kappa shape index (κ2) is 67.1. The second-order valence-corrected chi connectivity index (χ2v) is 22.7. The Kier molecular flexibility index (Phi) is 64.2. The van der Waals surface area contributed by atoms with Crippen LogP contribution in [0, 0.1) is 0 Å². The normalized spacial score (nSPS) is 12.6. The fourth-order valence-corrected chi connectivity index (χ4v) is 9.80. The van der Waals surface area contributed by atoms with E-state index in [1.54, 1.807) is 0 Å². The SMILES string of the molecule is CC/C=C\C/C=C\C/C=C\C/C=C\CCCCC(=O)OCC(COC(=O)CCCCCCCCCCCCCCCCCCCCCCCCCCC)OC(=O)CCCCCCCC/C=C\C/C=C\C/C=C\CCCCCCC. The minimum Gasteiger partial charge on any atom is -0.462 e. The molecule has 0 radical (unpaired) electrons. The summed E-state index contributed by atoms with van der Waals surface area (Å²) in [5.74, 6) is -0.933. The zero-order valence-electron chi connectivity index (χ0n) is 52.4. The Labute approximate surface area is 490 Å². The van der Waals surface area contributed by atoms with E-state index in [0.717, 1.165) is 109 Å². The van der Waals surface area contributed by atoms with Gasteiger partial charge in [-0.25, -0.2) is 0 Å². The zero-order valence-corrected chi connectivity index (χ0v) is 52.4. The molecule has 6 nitrogen and oxygen atoms in total. The van der Waals surface area contributed by atoms with E-state index in [0.29, 0.717) is 19.3 Å². The molecular weight excluding hydrogens is 973 g/mol. The summed E-state index contributed by atoms with van der Waals surface area (Å²) in [7, 11) is 0. The number of esters is 3. The van der Waals surface area contributed by atoms with Crippen molar-refractivity contribution in [3.8, 4) is 0 Å². The van der Waals surface area contributed by atoms with Crippen molar-refractivity contribution in [1.29, 1.82) is 0 Å². The number of unbranched alkanes of at least 4 members (excludes halogenated alkanes) is 37. The van der Waals surface area contributed by atoms with Crippen molar-refractivity contribution in [3.05, 3.63) is 85.1 Å². The summed E-state index contributed by atoms with van der Waals surface area (Å²) in [6.45, 7) is 6.51. The summed E-state index contributed by atoms with van der Waals surface area (Å²) in [6.07, 6.45) is 89.0. The van der Waals surface area contributed by atoms with E-state index in [-0.39, 0.29) is 31.1 Å². The van der Waals surface area contributed by atoms with Crippen LogP contribution in [0.1, 0.15) is 342 Å². The molecule has 0 aromatic carbocycles. The Hall–Kier alpha value is -3.41. The molecule has 0 spiro atoms. The van der Waals surface area contributed by atoms with Gasteiger partial charge in [0.1, 0.15) is 13.2 Å². The Morgan fingerprint density at radius 1 is 0.266 bits per heavy atom. The van der Waals surface area contributed by atoms with Gasteiger partial charge in [0.05, 0.1) is 0 Å². The van der Waals surface area contributed by atoms with Crippen LogP contribution in [-0.2, 0) is 28.6 Å². The Balaban J connectivity index is 4.35. The number of carbonyl (C=O) groups excluding carboxylic acids is 3. The number of rotatable bonds is 62. The van der Waals surface area contributed by atoms with Crippen LogP contribution in [0.2, 0.25) is 0 Å². The molecule has 0 aliphatic carbocycles. The molecule has 0 bridgehead atoms. The average Bonchev–Trinajstić information content (AvgIpc) is 3.45. The summed E-state index contributed by atoms with van der Waals surface area (Å²) in [4.78, 5) is 38.4. The summed E-state index contributed by atoms with van der Waals surface area (Å²) in [6, 6.07) is 0. The van der Waals surface area contributed by atoms with Crippen LogP contribution in [-0.4, -0.2) is 37.2 Å². The van der Waals surface area contributed by atoms with Crippen LogP contribution >= 0.6 is 0 Å². The van der Waals surface area contributed by atoms with Gasteiger partial charge in [0.15, 0.2) is 6.10 Å². The number of hydrogen-bond acceptors (Lipinski definition) is 6. The van der Waals surface area contributed by atoms with Gasteiger partial charge in [-0.15, -0.1) is 0 Å². The molecule has 0 aliphatic rings. The van der Waals surface area contributed by atoms with Gasteiger partial charge in [-0.05, 0) is 96.3 Å². The van der Waals surface area contributed by atoms with Crippen LogP contribution < -0.4 is 0 Å². The predicted octanol–water partition coefficient (Wildman–Crippen LogP) is 23.4. The number of allylic oxidation sites excluding steroid dienone is 14. The third-order valence-electron chi connectivity index (χ3n) is 14.9. The first-order valence-corrected chi connectivity index (χ1v) is 34.1. The van der Waals surface area contributed by atoms with Crippen molar-refractivity contribution in [1.82, 2.24) is 0 Å². The predicted molar refractivity (Wildman–Crippen MR) is 344 cm³/mol. The average molecular weight is 1100 g/mol. The molecular formula is C73H128O6. The third-order valence-corrected chi connectivity index (χ3v) is 14.9. The van der Waals surface area contributed by atoms with Gasteiger partial charge >= 0.3 is 17.9 Å². The third kappa shape index (κ3) is 65.3. The van der Waals surface area contributed by atoms with Gasteiger partial charge in [0.25, 0.3) is 0 Å². The highest BCUT2D eigenvalue weighted by atomic mass is 16.6. The van der Waals surface area contributed by atoms with E-state index in [1.165, 1.54) is 193 Å². The summed E-state index contributed by atoms with van der Waals surface area (Å²) in [5.41, 5.74) is 0. The van der Waals surface area contributed by atoms with Crippen LogP contribution in [0.4, 0.5) is 0 Å². The Bertz CT molecular complexity index is 1500. The lowest BCUT2D eigenvalue weighted by atomic mass is 10.0. The van der Waals surface area contributed by atoms with Crippen molar-refractivity contribution in [3.63, 3.8) is 0 Å². The standard InChI is InChI=1S/C73H128O6/c1-4-7-10-13-16-19-22-25-28-30-32-34-35-36-37-39-40-42-45-48-51-54-57-60-63-66-72(75)78-69-70(68-77-71(74)65-62-59-56-53-50-47-44-27-24-21-18-15-12-9-6-3)79-73(76)67-64-61-58-55-52-49-46-43-41-38-33-31-29-26-23-20-17-14-11-8-5-2/h9,12,18,21,23,26-27,31,33,41,43-44,50,53,70H,4-8,10-11,13-17,19-20,22,24-25,28-30,32,34-40,42,45-49,51-52,54-69H2,1-3H3/b12-9-,21-18-,26-23-,33-31-,43-41-,44-27-,53-50-. The fraction of sp³-hybridized carbons (Fsp3) is 0.767. The zero-order chi connectivity index (χ0) is 57.1. The molecule has 0 rings (SSSR count). The first-order chi connectivity index (χ1) is 39.0. The lowest BCUT2D eigenvalue weighted by Gasteiger charge is -2.18. The maximum Gasteiger partial charge on any atom is 0.306 e. The van der Waals surface area contributed by atoms with Gasteiger partial charge in [0, 0.05) is 19.3 Å². The van der Waals surface area contributed by atoms with Crippen molar-refractivity contribution in [2.45, 2.75) is 348 Å².